The van der Waals surface area contributed by atoms with Crippen molar-refractivity contribution in [1.29, 1.82) is 0 Å². The molecule has 1 fully saturated rings. The second kappa shape index (κ2) is 11.0. The first-order valence-electron chi connectivity index (χ1n) is 11.7. The predicted molar refractivity (Wildman–Crippen MR) is 154 cm³/mol. The summed E-state index contributed by atoms with van der Waals surface area (Å²) in [6, 6.07) is 18.1. The van der Waals surface area contributed by atoms with Crippen molar-refractivity contribution in [3.05, 3.63) is 104 Å². The maximum Gasteiger partial charge on any atom is 0.269 e. The van der Waals surface area contributed by atoms with Crippen LogP contribution in [0.25, 0.3) is 11.7 Å². The Morgan fingerprint density at radius 3 is 2.58 bits per heavy atom. The van der Waals surface area contributed by atoms with E-state index in [2.05, 4.69) is 4.98 Å². The number of carbonyl (C=O) groups is 1. The maximum atomic E-state index is 13.5. The van der Waals surface area contributed by atoms with Gasteiger partial charge in [-0.3, -0.25) is 18.9 Å². The number of methoxy groups -OCH3 is 1. The fraction of sp³-hybridized carbons (Fsp3) is 0.143. The summed E-state index contributed by atoms with van der Waals surface area (Å²) in [6.45, 7) is 2.27. The van der Waals surface area contributed by atoms with Gasteiger partial charge in [0.25, 0.3) is 11.5 Å². The monoisotopic (exact) mass is 563 g/mol. The van der Waals surface area contributed by atoms with E-state index < -0.39 is 0 Å². The fourth-order valence-electron chi connectivity index (χ4n) is 3.93. The summed E-state index contributed by atoms with van der Waals surface area (Å²) >= 11 is 12.8. The highest BCUT2D eigenvalue weighted by molar-refractivity contribution is 8.26. The van der Waals surface area contributed by atoms with E-state index in [-0.39, 0.29) is 22.9 Å². The number of ether oxygens (including phenoxy) is 2. The van der Waals surface area contributed by atoms with Crippen LogP contribution in [0.3, 0.4) is 0 Å². The summed E-state index contributed by atoms with van der Waals surface area (Å²) in [4.78, 5) is 33.2. The van der Waals surface area contributed by atoms with Crippen LogP contribution in [0.5, 0.6) is 17.4 Å². The Bertz CT molecular complexity index is 1650. The predicted octanol–water partition coefficient (Wildman–Crippen LogP) is 5.90. The van der Waals surface area contributed by atoms with Crippen LogP contribution in [0.15, 0.2) is 76.6 Å². The van der Waals surface area contributed by atoms with Crippen molar-refractivity contribution in [2.45, 2.75) is 13.3 Å². The van der Waals surface area contributed by atoms with E-state index >= 15 is 0 Å². The van der Waals surface area contributed by atoms with Crippen molar-refractivity contribution in [2.75, 3.05) is 13.7 Å². The van der Waals surface area contributed by atoms with Gasteiger partial charge < -0.3 is 9.47 Å². The van der Waals surface area contributed by atoms with Crippen LogP contribution in [0, 0.1) is 6.92 Å². The highest BCUT2D eigenvalue weighted by Gasteiger charge is 2.32. The van der Waals surface area contributed by atoms with E-state index in [4.69, 9.17) is 33.3 Å². The molecule has 5 rings (SSSR count). The minimum absolute atomic E-state index is 0.0893. The van der Waals surface area contributed by atoms with E-state index in [1.807, 2.05) is 31.2 Å². The molecule has 0 aliphatic carbocycles. The topological polar surface area (TPSA) is 73.1 Å². The highest BCUT2D eigenvalue weighted by Crippen LogP contribution is 2.34. The van der Waals surface area contributed by atoms with Gasteiger partial charge in [-0.2, -0.15) is 4.98 Å². The van der Waals surface area contributed by atoms with E-state index in [9.17, 15) is 9.59 Å². The third-order valence-electron chi connectivity index (χ3n) is 6.01. The van der Waals surface area contributed by atoms with Gasteiger partial charge in [0.2, 0.25) is 5.88 Å². The highest BCUT2D eigenvalue weighted by atomic mass is 35.5. The van der Waals surface area contributed by atoms with Crippen LogP contribution in [0.2, 0.25) is 5.02 Å². The van der Waals surface area contributed by atoms with Crippen molar-refractivity contribution >= 4 is 57.5 Å². The molecule has 1 amide bonds. The number of rotatable bonds is 7. The van der Waals surface area contributed by atoms with Crippen molar-refractivity contribution in [3.8, 4) is 17.4 Å². The zero-order valence-corrected chi connectivity index (χ0v) is 22.9. The molecule has 0 bridgehead atoms. The van der Waals surface area contributed by atoms with Crippen molar-refractivity contribution in [3.63, 3.8) is 0 Å². The molecular weight excluding hydrogens is 542 g/mol. The van der Waals surface area contributed by atoms with E-state index in [1.54, 1.807) is 54.6 Å². The second-order valence-corrected chi connectivity index (χ2v) is 10.6. The van der Waals surface area contributed by atoms with Gasteiger partial charge in [0.15, 0.2) is 0 Å². The molecule has 38 heavy (non-hydrogen) atoms. The molecule has 0 saturated carbocycles. The molecule has 0 unspecified atom stereocenters. The molecular formula is C28H22ClN3O4S2. The number of thiocarbonyl (C=S) groups is 1. The minimum atomic E-state index is -0.361. The maximum absolute atomic E-state index is 13.5. The summed E-state index contributed by atoms with van der Waals surface area (Å²) in [5.41, 5.74) is 2.08. The molecule has 1 aliphatic rings. The summed E-state index contributed by atoms with van der Waals surface area (Å²) < 4.78 is 13.1. The molecule has 2 aromatic heterocycles. The number of carbonyl (C=O) groups excluding carboxylic acids is 1. The van der Waals surface area contributed by atoms with Gasteiger partial charge in [-0.25, -0.2) is 0 Å². The first kappa shape index (κ1) is 26.0. The average molecular weight is 564 g/mol. The summed E-state index contributed by atoms with van der Waals surface area (Å²) in [6.07, 6.45) is 3.76. The lowest BCUT2D eigenvalue weighted by Gasteiger charge is -2.14. The van der Waals surface area contributed by atoms with E-state index in [0.29, 0.717) is 38.6 Å². The van der Waals surface area contributed by atoms with E-state index in [0.717, 1.165) is 28.6 Å². The first-order chi connectivity index (χ1) is 18.3. The number of nitrogens with zero attached hydrogens (tertiary/aromatic N) is 3. The van der Waals surface area contributed by atoms with Crippen LogP contribution in [-0.4, -0.2) is 38.2 Å². The lowest BCUT2D eigenvalue weighted by Crippen LogP contribution is -2.30. The molecule has 0 spiro atoms. The number of benzene rings is 2. The van der Waals surface area contributed by atoms with Gasteiger partial charge in [-0.15, -0.1) is 0 Å². The molecule has 1 aliphatic heterocycles. The molecule has 1 saturated heterocycles. The Labute approximate surface area is 233 Å². The number of thioether (sulfide) groups is 1. The molecule has 3 heterocycles. The fourth-order valence-corrected chi connectivity index (χ4v) is 5.34. The Hall–Kier alpha value is -3.66. The lowest BCUT2D eigenvalue weighted by atomic mass is 10.1. The number of fused-ring (bicyclic) bond motifs is 1. The summed E-state index contributed by atoms with van der Waals surface area (Å²) in [7, 11) is 1.62. The van der Waals surface area contributed by atoms with Gasteiger partial charge in [0.05, 0.1) is 12.0 Å². The van der Waals surface area contributed by atoms with Crippen LogP contribution in [-0.2, 0) is 11.2 Å². The Kier molecular flexibility index (Phi) is 7.51. The SMILES string of the molecule is COc1ccc(CCN2C(=O)/C(=C\c3c(Oc4ccc(Cl)c(C)c4)nc4ccccn4c3=O)SC2=S)cc1. The number of halogens is 1. The molecule has 2 aromatic carbocycles. The number of pyridine rings is 1. The third-order valence-corrected chi connectivity index (χ3v) is 7.81. The second-order valence-electron chi connectivity index (χ2n) is 8.51. The molecule has 0 atom stereocenters. The Balaban J connectivity index is 1.47. The normalized spacial score (nSPS) is 14.5. The summed E-state index contributed by atoms with van der Waals surface area (Å²) in [5, 5.41) is 0.599. The van der Waals surface area contributed by atoms with Crippen molar-refractivity contribution < 1.29 is 14.3 Å². The molecule has 0 radical (unpaired) electrons. The summed E-state index contributed by atoms with van der Waals surface area (Å²) in [5.74, 6) is 1.07. The van der Waals surface area contributed by atoms with Gasteiger partial charge >= 0.3 is 0 Å². The number of aromatic nitrogens is 2. The first-order valence-corrected chi connectivity index (χ1v) is 13.3. The largest absolute Gasteiger partial charge is 0.497 e. The van der Waals surface area contributed by atoms with Crippen LogP contribution >= 0.6 is 35.6 Å². The van der Waals surface area contributed by atoms with Crippen LogP contribution in [0.4, 0.5) is 0 Å². The van der Waals surface area contributed by atoms with Gasteiger partial charge in [0.1, 0.15) is 27.0 Å². The Morgan fingerprint density at radius 1 is 1.08 bits per heavy atom. The quantitative estimate of drug-likeness (QED) is 0.205. The number of hydrogen-bond acceptors (Lipinski definition) is 7. The van der Waals surface area contributed by atoms with Crippen molar-refractivity contribution in [2.24, 2.45) is 0 Å². The third kappa shape index (κ3) is 5.31. The number of hydrogen-bond donors (Lipinski definition) is 0. The van der Waals surface area contributed by atoms with Gasteiger partial charge in [-0.1, -0.05) is 53.8 Å². The standard InChI is InChI=1S/C28H22ClN3O4S2/c1-17-15-20(10-11-22(17)29)36-25-21(26(33)31-13-4-3-5-24(31)30-25)16-23-27(34)32(28(37)38-23)14-12-18-6-8-19(35-2)9-7-18/h3-11,13,15-16H,12,14H2,1-2H3/b23-16+. The Morgan fingerprint density at radius 2 is 1.84 bits per heavy atom. The van der Waals surface area contributed by atoms with Crippen LogP contribution < -0.4 is 15.0 Å². The minimum Gasteiger partial charge on any atom is -0.497 e. The van der Waals surface area contributed by atoms with Gasteiger partial charge in [-0.05, 0) is 73.0 Å². The van der Waals surface area contributed by atoms with Crippen molar-refractivity contribution in [1.82, 2.24) is 14.3 Å². The van der Waals surface area contributed by atoms with Crippen LogP contribution in [0.1, 0.15) is 16.7 Å². The zero-order chi connectivity index (χ0) is 26.8. The molecule has 10 heteroatoms. The lowest BCUT2D eigenvalue weighted by molar-refractivity contribution is -0.122. The zero-order valence-electron chi connectivity index (χ0n) is 20.5. The van der Waals surface area contributed by atoms with E-state index in [1.165, 1.54) is 10.5 Å². The molecule has 4 aromatic rings. The number of aryl methyl sites for hydroxylation is 1. The molecule has 0 N–H and O–H groups in total. The van der Waals surface area contributed by atoms with Gasteiger partial charge in [0, 0.05) is 17.8 Å². The molecule has 192 valence electrons. The molecule has 7 nitrogen and oxygen atoms in total. The average Bonchev–Trinajstić information content (AvgIpc) is 3.19. The number of amides is 1. The smallest absolute Gasteiger partial charge is 0.269 e.